The molecule has 26 heavy (non-hydrogen) atoms. The van der Waals surface area contributed by atoms with Crippen molar-refractivity contribution < 1.29 is 4.52 Å². The van der Waals surface area contributed by atoms with Gasteiger partial charge in [-0.3, -0.25) is 9.36 Å². The SMILES string of the molecule is Cc1ccc(Cn2c(-c3nc(-c4ccccc4)no3)cccc2=O)cc1. The fourth-order valence-corrected chi connectivity index (χ4v) is 2.78. The standard InChI is InChI=1S/C21H17N3O2/c1-15-10-12-16(13-11-15)14-24-18(8-5-9-19(24)25)21-22-20(23-26-21)17-6-3-2-4-7-17/h2-13H,14H2,1H3. The third-order valence-corrected chi connectivity index (χ3v) is 4.19. The minimum atomic E-state index is -0.109. The van der Waals surface area contributed by atoms with E-state index in [0.29, 0.717) is 24.0 Å². The first-order valence-corrected chi connectivity index (χ1v) is 8.35. The first kappa shape index (κ1) is 16.0. The Bertz CT molecular complexity index is 1080. The summed E-state index contributed by atoms with van der Waals surface area (Å²) in [4.78, 5) is 16.9. The Hall–Kier alpha value is -3.47. The number of rotatable bonds is 4. The second-order valence-electron chi connectivity index (χ2n) is 6.11. The van der Waals surface area contributed by atoms with Crippen LogP contribution < -0.4 is 5.56 Å². The van der Waals surface area contributed by atoms with Gasteiger partial charge in [0.1, 0.15) is 5.69 Å². The largest absolute Gasteiger partial charge is 0.332 e. The summed E-state index contributed by atoms with van der Waals surface area (Å²) in [5.41, 5.74) is 3.58. The quantitative estimate of drug-likeness (QED) is 0.563. The predicted octanol–water partition coefficient (Wildman–Crippen LogP) is 3.92. The summed E-state index contributed by atoms with van der Waals surface area (Å²) >= 11 is 0. The van der Waals surface area contributed by atoms with Crippen molar-refractivity contribution in [1.82, 2.24) is 14.7 Å². The van der Waals surface area contributed by atoms with E-state index in [4.69, 9.17) is 4.52 Å². The van der Waals surface area contributed by atoms with Gasteiger partial charge in [-0.15, -0.1) is 0 Å². The highest BCUT2D eigenvalue weighted by Gasteiger charge is 2.15. The lowest BCUT2D eigenvalue weighted by molar-refractivity contribution is 0.428. The van der Waals surface area contributed by atoms with Crippen molar-refractivity contribution in [3.8, 4) is 23.0 Å². The first-order valence-electron chi connectivity index (χ1n) is 8.35. The molecule has 0 saturated heterocycles. The molecule has 2 heterocycles. The average molecular weight is 343 g/mol. The summed E-state index contributed by atoms with van der Waals surface area (Å²) in [6.45, 7) is 2.48. The van der Waals surface area contributed by atoms with Crippen molar-refractivity contribution in [2.24, 2.45) is 0 Å². The van der Waals surface area contributed by atoms with Crippen LogP contribution in [0.3, 0.4) is 0 Å². The van der Waals surface area contributed by atoms with Gasteiger partial charge in [0.2, 0.25) is 5.82 Å². The molecule has 0 fully saturated rings. The van der Waals surface area contributed by atoms with Crippen molar-refractivity contribution in [2.45, 2.75) is 13.5 Å². The fraction of sp³-hybridized carbons (Fsp3) is 0.0952. The van der Waals surface area contributed by atoms with E-state index >= 15 is 0 Å². The lowest BCUT2D eigenvalue weighted by Gasteiger charge is -2.10. The normalized spacial score (nSPS) is 10.8. The molecule has 0 unspecified atom stereocenters. The fourth-order valence-electron chi connectivity index (χ4n) is 2.78. The molecule has 2 aromatic carbocycles. The number of hydrogen-bond donors (Lipinski definition) is 0. The summed E-state index contributed by atoms with van der Waals surface area (Å²) in [6.07, 6.45) is 0. The molecule has 2 aromatic heterocycles. The van der Waals surface area contributed by atoms with Crippen molar-refractivity contribution in [2.75, 3.05) is 0 Å². The average Bonchev–Trinajstić information content (AvgIpc) is 3.16. The summed E-state index contributed by atoms with van der Waals surface area (Å²) < 4.78 is 7.08. The monoisotopic (exact) mass is 343 g/mol. The number of benzene rings is 2. The van der Waals surface area contributed by atoms with Crippen LogP contribution in [0.1, 0.15) is 11.1 Å². The van der Waals surface area contributed by atoms with Gasteiger partial charge in [-0.2, -0.15) is 4.98 Å². The molecule has 5 nitrogen and oxygen atoms in total. The third-order valence-electron chi connectivity index (χ3n) is 4.19. The molecule has 0 bridgehead atoms. The van der Waals surface area contributed by atoms with Gasteiger partial charge in [-0.1, -0.05) is 71.4 Å². The maximum absolute atomic E-state index is 12.4. The number of nitrogens with zero attached hydrogens (tertiary/aromatic N) is 3. The zero-order valence-electron chi connectivity index (χ0n) is 14.3. The molecule has 0 radical (unpaired) electrons. The van der Waals surface area contributed by atoms with Gasteiger partial charge in [0.05, 0.1) is 6.54 Å². The van der Waals surface area contributed by atoms with E-state index in [1.54, 1.807) is 10.6 Å². The molecule has 0 N–H and O–H groups in total. The van der Waals surface area contributed by atoms with E-state index in [9.17, 15) is 4.79 Å². The van der Waals surface area contributed by atoms with Gasteiger partial charge in [-0.05, 0) is 18.6 Å². The highest BCUT2D eigenvalue weighted by Crippen LogP contribution is 2.21. The summed E-state index contributed by atoms with van der Waals surface area (Å²) in [6, 6.07) is 22.7. The molecular weight excluding hydrogens is 326 g/mol. The highest BCUT2D eigenvalue weighted by atomic mass is 16.5. The molecule has 4 aromatic rings. The van der Waals surface area contributed by atoms with E-state index in [1.165, 1.54) is 11.6 Å². The number of pyridine rings is 1. The lowest BCUT2D eigenvalue weighted by atomic mass is 10.1. The maximum Gasteiger partial charge on any atom is 0.274 e. The van der Waals surface area contributed by atoms with E-state index in [0.717, 1.165) is 11.1 Å². The van der Waals surface area contributed by atoms with Crippen molar-refractivity contribution in [3.63, 3.8) is 0 Å². The van der Waals surface area contributed by atoms with Gasteiger partial charge in [0.25, 0.3) is 11.4 Å². The molecule has 0 aliphatic carbocycles. The Kier molecular flexibility index (Phi) is 4.19. The van der Waals surface area contributed by atoms with Crippen LogP contribution in [-0.4, -0.2) is 14.7 Å². The highest BCUT2D eigenvalue weighted by molar-refractivity contribution is 5.57. The van der Waals surface area contributed by atoms with Crippen molar-refractivity contribution in [3.05, 3.63) is 94.3 Å². The number of hydrogen-bond acceptors (Lipinski definition) is 4. The lowest BCUT2D eigenvalue weighted by Crippen LogP contribution is -2.21. The minimum absolute atomic E-state index is 0.109. The molecule has 5 heteroatoms. The van der Waals surface area contributed by atoms with Crippen LogP contribution in [0.4, 0.5) is 0 Å². The zero-order valence-corrected chi connectivity index (χ0v) is 14.3. The van der Waals surface area contributed by atoms with Crippen LogP contribution in [0.5, 0.6) is 0 Å². The Balaban J connectivity index is 1.73. The molecule has 0 amide bonds. The second-order valence-corrected chi connectivity index (χ2v) is 6.11. The number of aromatic nitrogens is 3. The Morgan fingerprint density at radius 3 is 2.46 bits per heavy atom. The molecule has 4 rings (SSSR count). The Labute approximate surface area is 150 Å². The molecule has 0 atom stereocenters. The van der Waals surface area contributed by atoms with Crippen molar-refractivity contribution in [1.29, 1.82) is 0 Å². The van der Waals surface area contributed by atoms with Crippen LogP contribution in [0, 0.1) is 6.92 Å². The molecular formula is C21H17N3O2. The van der Waals surface area contributed by atoms with Gasteiger partial charge in [0, 0.05) is 11.6 Å². The van der Waals surface area contributed by atoms with Gasteiger partial charge >= 0.3 is 0 Å². The van der Waals surface area contributed by atoms with Crippen LogP contribution in [0.2, 0.25) is 0 Å². The van der Waals surface area contributed by atoms with E-state index in [-0.39, 0.29) is 5.56 Å². The maximum atomic E-state index is 12.4. The molecule has 128 valence electrons. The summed E-state index contributed by atoms with van der Waals surface area (Å²) in [5.74, 6) is 0.826. The van der Waals surface area contributed by atoms with Crippen molar-refractivity contribution >= 4 is 0 Å². The van der Waals surface area contributed by atoms with E-state index in [1.807, 2.05) is 67.6 Å². The Morgan fingerprint density at radius 1 is 0.923 bits per heavy atom. The smallest absolute Gasteiger partial charge is 0.274 e. The third kappa shape index (κ3) is 3.19. The minimum Gasteiger partial charge on any atom is -0.332 e. The van der Waals surface area contributed by atoms with Crippen LogP contribution in [0.15, 0.2) is 82.1 Å². The summed E-state index contributed by atoms with van der Waals surface area (Å²) in [5, 5.41) is 4.05. The predicted molar refractivity (Wildman–Crippen MR) is 99.7 cm³/mol. The molecule has 0 spiro atoms. The molecule has 0 aliphatic heterocycles. The van der Waals surface area contributed by atoms with Gasteiger partial charge in [0.15, 0.2) is 0 Å². The first-order chi connectivity index (χ1) is 12.7. The van der Waals surface area contributed by atoms with E-state index in [2.05, 4.69) is 10.1 Å². The summed E-state index contributed by atoms with van der Waals surface area (Å²) in [7, 11) is 0. The topological polar surface area (TPSA) is 60.9 Å². The van der Waals surface area contributed by atoms with Gasteiger partial charge < -0.3 is 4.52 Å². The molecule has 0 aliphatic rings. The van der Waals surface area contributed by atoms with Crippen LogP contribution in [0.25, 0.3) is 23.0 Å². The van der Waals surface area contributed by atoms with Crippen LogP contribution >= 0.6 is 0 Å². The van der Waals surface area contributed by atoms with Crippen LogP contribution in [-0.2, 0) is 6.54 Å². The number of aryl methyl sites for hydroxylation is 1. The Morgan fingerprint density at radius 2 is 1.69 bits per heavy atom. The molecule has 0 saturated carbocycles. The van der Waals surface area contributed by atoms with E-state index < -0.39 is 0 Å². The zero-order chi connectivity index (χ0) is 17.9. The second kappa shape index (κ2) is 6.80. The van der Waals surface area contributed by atoms with Gasteiger partial charge in [-0.25, -0.2) is 0 Å².